The molecular formula is C9H18O5. The molecule has 0 amide bonds. The molecule has 0 saturated heterocycles. The lowest BCUT2D eigenvalue weighted by Gasteiger charge is -2.04. The van der Waals surface area contributed by atoms with Crippen molar-refractivity contribution >= 4 is 5.97 Å². The predicted molar refractivity (Wildman–Crippen MR) is 50.4 cm³/mol. The second-order valence-electron chi connectivity index (χ2n) is 2.71. The third-order valence-corrected chi connectivity index (χ3v) is 1.48. The fourth-order valence-corrected chi connectivity index (χ4v) is 0.790. The van der Waals surface area contributed by atoms with E-state index in [0.717, 1.165) is 0 Å². The minimum Gasteiger partial charge on any atom is -0.481 e. The van der Waals surface area contributed by atoms with E-state index in [2.05, 4.69) is 0 Å². The van der Waals surface area contributed by atoms with Gasteiger partial charge in [-0.3, -0.25) is 4.79 Å². The molecule has 1 N–H and O–H groups in total. The number of ether oxygens (including phenoxy) is 3. The topological polar surface area (TPSA) is 65.0 Å². The van der Waals surface area contributed by atoms with Crippen LogP contribution in [0.1, 0.15) is 12.8 Å². The van der Waals surface area contributed by atoms with Crippen LogP contribution in [0.2, 0.25) is 0 Å². The van der Waals surface area contributed by atoms with Gasteiger partial charge in [-0.2, -0.15) is 0 Å². The van der Waals surface area contributed by atoms with Crippen molar-refractivity contribution in [1.82, 2.24) is 0 Å². The summed E-state index contributed by atoms with van der Waals surface area (Å²) in [6.07, 6.45) is 0.706. The van der Waals surface area contributed by atoms with E-state index in [1.165, 1.54) is 0 Å². The molecule has 84 valence electrons. The monoisotopic (exact) mass is 206 g/mol. The maximum absolute atomic E-state index is 10.1. The first-order chi connectivity index (χ1) is 6.77. The zero-order chi connectivity index (χ0) is 10.6. The van der Waals surface area contributed by atoms with Gasteiger partial charge in [0.15, 0.2) is 0 Å². The molecule has 0 radical (unpaired) electrons. The molecule has 0 fully saturated rings. The number of aliphatic carboxylic acids is 1. The quantitative estimate of drug-likeness (QED) is 0.528. The SMILES string of the molecule is COCCOCCOCCCC(=O)O. The molecule has 5 nitrogen and oxygen atoms in total. The summed E-state index contributed by atoms with van der Waals surface area (Å²) < 4.78 is 15.1. The lowest BCUT2D eigenvalue weighted by Crippen LogP contribution is -2.09. The molecule has 0 aromatic heterocycles. The van der Waals surface area contributed by atoms with Crippen molar-refractivity contribution in [3.8, 4) is 0 Å². The molecule has 0 atom stereocenters. The first kappa shape index (κ1) is 13.4. The molecule has 0 saturated carbocycles. The molecule has 0 unspecified atom stereocenters. The van der Waals surface area contributed by atoms with Crippen LogP contribution in [-0.4, -0.2) is 51.2 Å². The number of carboxylic acid groups (broad SMARTS) is 1. The summed E-state index contributed by atoms with van der Waals surface area (Å²) in [6.45, 7) is 2.65. The van der Waals surface area contributed by atoms with E-state index in [1.54, 1.807) is 7.11 Å². The Bertz CT molecular complexity index is 137. The van der Waals surface area contributed by atoms with Crippen molar-refractivity contribution in [2.24, 2.45) is 0 Å². The molecule has 0 aliphatic heterocycles. The molecule has 0 bridgehead atoms. The Hall–Kier alpha value is -0.650. The van der Waals surface area contributed by atoms with E-state index in [-0.39, 0.29) is 6.42 Å². The number of hydrogen-bond donors (Lipinski definition) is 1. The molecule has 0 aromatic rings. The predicted octanol–water partition coefficient (Wildman–Crippen LogP) is 0.531. The third kappa shape index (κ3) is 11.4. The summed E-state index contributed by atoms with van der Waals surface area (Å²) in [5.74, 6) is -0.787. The average Bonchev–Trinajstić information content (AvgIpc) is 2.15. The van der Waals surface area contributed by atoms with Gasteiger partial charge in [0.2, 0.25) is 0 Å². The normalized spacial score (nSPS) is 10.4. The van der Waals surface area contributed by atoms with Gasteiger partial charge in [0.1, 0.15) is 0 Å². The van der Waals surface area contributed by atoms with Gasteiger partial charge in [-0.15, -0.1) is 0 Å². The van der Waals surface area contributed by atoms with E-state index in [4.69, 9.17) is 19.3 Å². The molecular weight excluding hydrogens is 188 g/mol. The molecule has 14 heavy (non-hydrogen) atoms. The molecule has 0 heterocycles. The number of hydrogen-bond acceptors (Lipinski definition) is 4. The van der Waals surface area contributed by atoms with Crippen molar-refractivity contribution in [2.75, 3.05) is 40.1 Å². The van der Waals surface area contributed by atoms with E-state index in [9.17, 15) is 4.79 Å². The summed E-state index contributed by atoms with van der Waals surface area (Å²) in [5, 5.41) is 8.32. The van der Waals surface area contributed by atoms with Crippen molar-refractivity contribution in [2.45, 2.75) is 12.8 Å². The number of rotatable bonds is 10. The highest BCUT2D eigenvalue weighted by Gasteiger charge is 1.95. The second-order valence-corrected chi connectivity index (χ2v) is 2.71. The Morgan fingerprint density at radius 2 is 1.64 bits per heavy atom. The van der Waals surface area contributed by atoms with Crippen LogP contribution in [0.3, 0.4) is 0 Å². The van der Waals surface area contributed by atoms with Crippen molar-refractivity contribution in [3.05, 3.63) is 0 Å². The fraction of sp³-hybridized carbons (Fsp3) is 0.889. The lowest BCUT2D eigenvalue weighted by atomic mass is 10.3. The van der Waals surface area contributed by atoms with Crippen LogP contribution in [0.25, 0.3) is 0 Å². The van der Waals surface area contributed by atoms with Crippen LogP contribution < -0.4 is 0 Å². The third-order valence-electron chi connectivity index (χ3n) is 1.48. The largest absolute Gasteiger partial charge is 0.481 e. The molecule has 5 heteroatoms. The van der Waals surface area contributed by atoms with E-state index in [1.807, 2.05) is 0 Å². The Morgan fingerprint density at radius 3 is 2.21 bits per heavy atom. The highest BCUT2D eigenvalue weighted by Crippen LogP contribution is 1.89. The molecule has 0 aliphatic carbocycles. The van der Waals surface area contributed by atoms with Crippen molar-refractivity contribution in [1.29, 1.82) is 0 Å². The maximum Gasteiger partial charge on any atom is 0.303 e. The van der Waals surface area contributed by atoms with Gasteiger partial charge in [-0.05, 0) is 6.42 Å². The second kappa shape index (κ2) is 10.4. The van der Waals surface area contributed by atoms with Gasteiger partial charge < -0.3 is 19.3 Å². The molecule has 0 rings (SSSR count). The summed E-state index contributed by atoms with van der Waals surface area (Å²) in [7, 11) is 1.62. The van der Waals surface area contributed by atoms with Crippen LogP contribution in [0.5, 0.6) is 0 Å². The van der Waals surface area contributed by atoms with Crippen LogP contribution in [0.15, 0.2) is 0 Å². The van der Waals surface area contributed by atoms with Crippen LogP contribution in [0.4, 0.5) is 0 Å². The van der Waals surface area contributed by atoms with Crippen LogP contribution in [-0.2, 0) is 19.0 Å². The molecule has 0 aliphatic rings. The Labute approximate surface area is 84.0 Å². The Balaban J connectivity index is 2.88. The lowest BCUT2D eigenvalue weighted by molar-refractivity contribution is -0.137. The molecule has 0 spiro atoms. The summed E-state index contributed by atoms with van der Waals surface area (Å²) in [5.41, 5.74) is 0. The van der Waals surface area contributed by atoms with E-state index < -0.39 is 5.97 Å². The number of carboxylic acids is 1. The first-order valence-electron chi connectivity index (χ1n) is 4.63. The van der Waals surface area contributed by atoms with Crippen LogP contribution in [0, 0.1) is 0 Å². The standard InChI is InChI=1S/C9H18O5/c1-12-5-6-14-8-7-13-4-2-3-9(10)11/h2-8H2,1H3,(H,10,11). The van der Waals surface area contributed by atoms with Gasteiger partial charge in [0.05, 0.1) is 26.4 Å². The van der Waals surface area contributed by atoms with Gasteiger partial charge in [0, 0.05) is 20.1 Å². The Kier molecular flexibility index (Phi) is 9.95. The number of methoxy groups -OCH3 is 1. The highest BCUT2D eigenvalue weighted by molar-refractivity contribution is 5.66. The summed E-state index contributed by atoms with van der Waals surface area (Å²) >= 11 is 0. The van der Waals surface area contributed by atoms with Gasteiger partial charge in [-0.1, -0.05) is 0 Å². The van der Waals surface area contributed by atoms with Crippen molar-refractivity contribution < 1.29 is 24.1 Å². The first-order valence-corrected chi connectivity index (χ1v) is 4.63. The van der Waals surface area contributed by atoms with Crippen molar-refractivity contribution in [3.63, 3.8) is 0 Å². The fourth-order valence-electron chi connectivity index (χ4n) is 0.790. The zero-order valence-electron chi connectivity index (χ0n) is 8.53. The summed E-state index contributed by atoms with van der Waals surface area (Å²) in [4.78, 5) is 10.1. The average molecular weight is 206 g/mol. The Morgan fingerprint density at radius 1 is 1.07 bits per heavy atom. The minimum absolute atomic E-state index is 0.157. The molecule has 0 aromatic carbocycles. The zero-order valence-corrected chi connectivity index (χ0v) is 8.53. The van der Waals surface area contributed by atoms with E-state index in [0.29, 0.717) is 39.5 Å². The van der Waals surface area contributed by atoms with E-state index >= 15 is 0 Å². The number of carbonyl (C=O) groups is 1. The van der Waals surface area contributed by atoms with Gasteiger partial charge in [-0.25, -0.2) is 0 Å². The summed E-state index contributed by atoms with van der Waals surface area (Å²) in [6, 6.07) is 0. The van der Waals surface area contributed by atoms with Gasteiger partial charge >= 0.3 is 5.97 Å². The smallest absolute Gasteiger partial charge is 0.303 e. The highest BCUT2D eigenvalue weighted by atomic mass is 16.5. The maximum atomic E-state index is 10.1. The van der Waals surface area contributed by atoms with Crippen LogP contribution >= 0.6 is 0 Å². The van der Waals surface area contributed by atoms with Gasteiger partial charge in [0.25, 0.3) is 0 Å². The minimum atomic E-state index is -0.787.